The van der Waals surface area contributed by atoms with Crippen LogP contribution in [0, 0.1) is 11.8 Å². The molecule has 1 aromatic heterocycles. The molecule has 0 unspecified atom stereocenters. The predicted octanol–water partition coefficient (Wildman–Crippen LogP) is 0.674. The van der Waals surface area contributed by atoms with Gasteiger partial charge in [-0.3, -0.25) is 14.6 Å². The van der Waals surface area contributed by atoms with E-state index < -0.39 is 30.0 Å². The maximum Gasteiger partial charge on any atom is 0.310 e. The van der Waals surface area contributed by atoms with Crippen LogP contribution in [0.25, 0.3) is 0 Å². The van der Waals surface area contributed by atoms with Crippen LogP contribution < -0.4 is 5.32 Å². The van der Waals surface area contributed by atoms with Crippen LogP contribution in [0.15, 0.2) is 36.7 Å². The largest absolute Gasteiger partial charge is 0.481 e. The number of rotatable bonds is 3. The van der Waals surface area contributed by atoms with Crippen molar-refractivity contribution < 1.29 is 19.4 Å². The first-order valence-corrected chi connectivity index (χ1v) is 5.94. The molecule has 0 radical (unpaired) electrons. The zero-order chi connectivity index (χ0) is 13.4. The third-order valence-electron chi connectivity index (χ3n) is 3.42. The quantitative estimate of drug-likeness (QED) is 0.780. The van der Waals surface area contributed by atoms with Gasteiger partial charge in [-0.25, -0.2) is 0 Å². The van der Waals surface area contributed by atoms with Gasteiger partial charge in [-0.1, -0.05) is 12.2 Å². The van der Waals surface area contributed by atoms with Crippen LogP contribution in [-0.2, 0) is 14.3 Å². The van der Waals surface area contributed by atoms with E-state index in [1.807, 2.05) is 0 Å². The van der Waals surface area contributed by atoms with E-state index in [1.165, 1.54) is 6.20 Å². The number of anilines is 1. The van der Waals surface area contributed by atoms with Gasteiger partial charge in [0.05, 0.1) is 30.0 Å². The molecule has 1 aromatic rings. The summed E-state index contributed by atoms with van der Waals surface area (Å²) in [5.74, 6) is -2.89. The first-order valence-electron chi connectivity index (χ1n) is 5.94. The fourth-order valence-electron chi connectivity index (χ4n) is 2.58. The SMILES string of the molecule is O=C(O)[C@H]1[C@H](C(=O)Nc2cccnc2)[C@H]2C=C[C@@H]1O2. The topological polar surface area (TPSA) is 88.5 Å². The number of aromatic nitrogens is 1. The Labute approximate surface area is 109 Å². The summed E-state index contributed by atoms with van der Waals surface area (Å²) in [5, 5.41) is 11.9. The number of hydrogen-bond donors (Lipinski definition) is 2. The smallest absolute Gasteiger partial charge is 0.310 e. The monoisotopic (exact) mass is 260 g/mol. The van der Waals surface area contributed by atoms with Gasteiger partial charge in [-0.05, 0) is 12.1 Å². The van der Waals surface area contributed by atoms with Crippen LogP contribution in [0.5, 0.6) is 0 Å². The molecule has 6 nitrogen and oxygen atoms in total. The van der Waals surface area contributed by atoms with Crippen LogP contribution in [0.3, 0.4) is 0 Å². The highest BCUT2D eigenvalue weighted by Gasteiger charge is 2.53. The predicted molar refractivity (Wildman–Crippen MR) is 65.3 cm³/mol. The first-order chi connectivity index (χ1) is 9.16. The van der Waals surface area contributed by atoms with Gasteiger partial charge in [-0.2, -0.15) is 0 Å². The van der Waals surface area contributed by atoms with E-state index in [4.69, 9.17) is 4.74 Å². The van der Waals surface area contributed by atoms with Crippen LogP contribution in [-0.4, -0.2) is 34.2 Å². The summed E-state index contributed by atoms with van der Waals surface area (Å²) in [6.07, 6.45) is 5.60. The van der Waals surface area contributed by atoms with Gasteiger partial charge in [0.15, 0.2) is 0 Å². The molecule has 6 heteroatoms. The number of hydrogen-bond acceptors (Lipinski definition) is 4. The molecule has 1 amide bonds. The molecule has 2 bridgehead atoms. The van der Waals surface area contributed by atoms with E-state index >= 15 is 0 Å². The molecule has 1 fully saturated rings. The van der Waals surface area contributed by atoms with Gasteiger partial charge in [0.25, 0.3) is 0 Å². The van der Waals surface area contributed by atoms with Crippen molar-refractivity contribution in [2.75, 3.05) is 5.32 Å². The number of carboxylic acids is 1. The molecule has 2 aliphatic rings. The maximum absolute atomic E-state index is 12.2. The summed E-state index contributed by atoms with van der Waals surface area (Å²) < 4.78 is 5.45. The number of nitrogens with one attached hydrogen (secondary N) is 1. The average Bonchev–Trinajstić information content (AvgIpc) is 2.99. The van der Waals surface area contributed by atoms with Gasteiger partial charge >= 0.3 is 5.97 Å². The lowest BCUT2D eigenvalue weighted by Crippen LogP contribution is -2.39. The molecule has 98 valence electrons. The van der Waals surface area contributed by atoms with Crippen molar-refractivity contribution in [1.29, 1.82) is 0 Å². The highest BCUT2D eigenvalue weighted by Crippen LogP contribution is 2.39. The Morgan fingerprint density at radius 3 is 2.63 bits per heavy atom. The second-order valence-electron chi connectivity index (χ2n) is 4.57. The maximum atomic E-state index is 12.2. The molecule has 3 heterocycles. The van der Waals surface area contributed by atoms with E-state index in [2.05, 4.69) is 10.3 Å². The Balaban J connectivity index is 1.79. The van der Waals surface area contributed by atoms with E-state index in [9.17, 15) is 14.7 Å². The Hall–Kier alpha value is -2.21. The van der Waals surface area contributed by atoms with Crippen LogP contribution in [0.2, 0.25) is 0 Å². The second-order valence-corrected chi connectivity index (χ2v) is 4.57. The van der Waals surface area contributed by atoms with Gasteiger partial charge in [0.2, 0.25) is 5.91 Å². The number of fused-ring (bicyclic) bond motifs is 2. The molecule has 19 heavy (non-hydrogen) atoms. The number of aliphatic carboxylic acids is 1. The number of carboxylic acid groups (broad SMARTS) is 1. The fourth-order valence-corrected chi connectivity index (χ4v) is 2.58. The highest BCUT2D eigenvalue weighted by atomic mass is 16.5. The number of pyridine rings is 1. The number of carbonyl (C=O) groups excluding carboxylic acids is 1. The lowest BCUT2D eigenvalue weighted by molar-refractivity contribution is -0.145. The first kappa shape index (κ1) is 11.9. The van der Waals surface area contributed by atoms with Gasteiger partial charge < -0.3 is 15.2 Å². The third-order valence-corrected chi connectivity index (χ3v) is 3.42. The minimum absolute atomic E-state index is 0.350. The van der Waals surface area contributed by atoms with Crippen molar-refractivity contribution in [3.8, 4) is 0 Å². The third kappa shape index (κ3) is 2.00. The normalized spacial score (nSPS) is 31.4. The molecule has 3 rings (SSSR count). The standard InChI is InChI=1S/C13H12N2O4/c16-12(15-7-2-1-5-14-6-7)10-8-3-4-9(19-8)11(10)13(17)18/h1-6,8-11H,(H,15,16)(H,17,18)/t8-,9+,10-,11-/m1/s1. The number of ether oxygens (including phenoxy) is 1. The molecule has 2 aliphatic heterocycles. The molecule has 0 aliphatic carbocycles. The molecule has 0 saturated carbocycles. The number of nitrogens with zero attached hydrogens (tertiary/aromatic N) is 1. The summed E-state index contributed by atoms with van der Waals surface area (Å²) in [6, 6.07) is 3.39. The number of amides is 1. The summed E-state index contributed by atoms with van der Waals surface area (Å²) in [6.45, 7) is 0. The summed E-state index contributed by atoms with van der Waals surface area (Å²) >= 11 is 0. The highest BCUT2D eigenvalue weighted by molar-refractivity contribution is 5.96. The lowest BCUT2D eigenvalue weighted by atomic mass is 9.82. The van der Waals surface area contributed by atoms with Gasteiger partial charge in [0, 0.05) is 6.20 Å². The Morgan fingerprint density at radius 1 is 1.26 bits per heavy atom. The van der Waals surface area contributed by atoms with Gasteiger partial charge in [-0.15, -0.1) is 0 Å². The van der Waals surface area contributed by atoms with Crippen molar-refractivity contribution >= 4 is 17.6 Å². The van der Waals surface area contributed by atoms with Crippen molar-refractivity contribution in [3.05, 3.63) is 36.7 Å². The molecular weight excluding hydrogens is 248 g/mol. The van der Waals surface area contributed by atoms with Crippen LogP contribution >= 0.6 is 0 Å². The van der Waals surface area contributed by atoms with Crippen molar-refractivity contribution in [2.24, 2.45) is 11.8 Å². The fraction of sp³-hybridized carbons (Fsp3) is 0.308. The van der Waals surface area contributed by atoms with Crippen molar-refractivity contribution in [1.82, 2.24) is 4.98 Å². The van der Waals surface area contributed by atoms with E-state index in [1.54, 1.807) is 30.5 Å². The minimum atomic E-state index is -1.01. The van der Waals surface area contributed by atoms with Crippen molar-refractivity contribution in [3.63, 3.8) is 0 Å². The zero-order valence-corrected chi connectivity index (χ0v) is 9.89. The molecule has 0 aromatic carbocycles. The van der Waals surface area contributed by atoms with E-state index in [0.29, 0.717) is 5.69 Å². The van der Waals surface area contributed by atoms with E-state index in [0.717, 1.165) is 0 Å². The van der Waals surface area contributed by atoms with Gasteiger partial charge in [0.1, 0.15) is 5.92 Å². The second kappa shape index (κ2) is 4.47. The van der Waals surface area contributed by atoms with Crippen LogP contribution in [0.4, 0.5) is 5.69 Å². The summed E-state index contributed by atoms with van der Waals surface area (Å²) in [7, 11) is 0. The summed E-state index contributed by atoms with van der Waals surface area (Å²) in [4.78, 5) is 27.3. The minimum Gasteiger partial charge on any atom is -0.481 e. The average molecular weight is 260 g/mol. The van der Waals surface area contributed by atoms with Crippen molar-refractivity contribution in [2.45, 2.75) is 12.2 Å². The zero-order valence-electron chi connectivity index (χ0n) is 9.89. The Morgan fingerprint density at radius 2 is 2.00 bits per heavy atom. The summed E-state index contributed by atoms with van der Waals surface area (Å²) in [5.41, 5.74) is 0.545. The molecular formula is C13H12N2O4. The number of carbonyl (C=O) groups is 2. The van der Waals surface area contributed by atoms with Crippen LogP contribution in [0.1, 0.15) is 0 Å². The molecule has 4 atom stereocenters. The molecule has 0 spiro atoms. The Bertz CT molecular complexity index is 543. The Kier molecular flexibility index (Phi) is 2.79. The molecule has 1 saturated heterocycles. The molecule has 2 N–H and O–H groups in total. The lowest BCUT2D eigenvalue weighted by Gasteiger charge is -2.20. The van der Waals surface area contributed by atoms with E-state index in [-0.39, 0.29) is 5.91 Å².